The van der Waals surface area contributed by atoms with Crippen LogP contribution in [0.2, 0.25) is 15.1 Å². The summed E-state index contributed by atoms with van der Waals surface area (Å²) in [5.74, 6) is -0.670. The Hall–Kier alpha value is -2.33. The van der Waals surface area contributed by atoms with Gasteiger partial charge in [-0.3, -0.25) is 9.59 Å². The Morgan fingerprint density at radius 1 is 1.09 bits per heavy atom. The van der Waals surface area contributed by atoms with Crippen molar-refractivity contribution in [3.05, 3.63) is 68.7 Å². The zero-order valence-electron chi connectivity index (χ0n) is 16.8. The monoisotopic (exact) mass is 515 g/mol. The molecule has 1 heterocycles. The number of hydrogen-bond acceptors (Lipinski definition) is 5. The molecule has 0 spiro atoms. The summed E-state index contributed by atoms with van der Waals surface area (Å²) in [5, 5.41) is 14.7. The Labute approximate surface area is 202 Å². The van der Waals surface area contributed by atoms with E-state index >= 15 is 0 Å². The summed E-state index contributed by atoms with van der Waals surface area (Å²) < 4.78 is 14.9. The van der Waals surface area contributed by atoms with Crippen LogP contribution in [0.5, 0.6) is 0 Å². The molecule has 2 aromatic carbocycles. The Morgan fingerprint density at radius 2 is 1.84 bits per heavy atom. The SMILES string of the molecule is C[C@H](NC(=O)c1ccc(Cl)c(Cl)c1)c1nnc(SCC(=O)Nc2ccc(F)c(Cl)c2)n1C. The van der Waals surface area contributed by atoms with Gasteiger partial charge in [0.05, 0.1) is 26.9 Å². The number of benzene rings is 2. The van der Waals surface area contributed by atoms with Gasteiger partial charge in [0.15, 0.2) is 11.0 Å². The smallest absolute Gasteiger partial charge is 0.251 e. The summed E-state index contributed by atoms with van der Waals surface area (Å²) in [7, 11) is 1.73. The van der Waals surface area contributed by atoms with E-state index in [1.807, 2.05) is 0 Å². The van der Waals surface area contributed by atoms with Gasteiger partial charge in [0.1, 0.15) is 5.82 Å². The van der Waals surface area contributed by atoms with Gasteiger partial charge in [0.25, 0.3) is 5.91 Å². The number of amides is 2. The maximum atomic E-state index is 13.2. The van der Waals surface area contributed by atoms with Gasteiger partial charge in [0.2, 0.25) is 5.91 Å². The number of thioether (sulfide) groups is 1. The minimum Gasteiger partial charge on any atom is -0.342 e. The Bertz CT molecular complexity index is 1170. The highest BCUT2D eigenvalue weighted by Crippen LogP contribution is 2.24. The molecule has 0 aliphatic heterocycles. The predicted octanol–water partition coefficient (Wildman–Crippen LogP) is 5.14. The van der Waals surface area contributed by atoms with Gasteiger partial charge in [-0.25, -0.2) is 4.39 Å². The quantitative estimate of drug-likeness (QED) is 0.425. The van der Waals surface area contributed by atoms with Gasteiger partial charge in [0, 0.05) is 18.3 Å². The molecule has 0 fully saturated rings. The highest BCUT2D eigenvalue weighted by Gasteiger charge is 2.19. The fourth-order valence-electron chi connectivity index (χ4n) is 2.71. The molecule has 1 aromatic heterocycles. The van der Waals surface area contributed by atoms with Gasteiger partial charge in [-0.15, -0.1) is 10.2 Å². The molecule has 32 heavy (non-hydrogen) atoms. The number of aromatic nitrogens is 3. The number of nitrogens with zero attached hydrogens (tertiary/aromatic N) is 3. The molecule has 1 atom stereocenters. The molecule has 3 rings (SSSR count). The molecule has 3 aromatic rings. The number of carbonyl (C=O) groups excluding carboxylic acids is 2. The van der Waals surface area contributed by atoms with Crippen molar-refractivity contribution in [2.45, 2.75) is 18.1 Å². The van der Waals surface area contributed by atoms with Crippen LogP contribution < -0.4 is 10.6 Å². The van der Waals surface area contributed by atoms with Crippen molar-refractivity contribution in [1.82, 2.24) is 20.1 Å². The van der Waals surface area contributed by atoms with E-state index in [4.69, 9.17) is 34.8 Å². The molecule has 2 amide bonds. The van der Waals surface area contributed by atoms with Gasteiger partial charge in [-0.1, -0.05) is 46.6 Å². The first-order valence-electron chi connectivity index (χ1n) is 9.18. The Kier molecular flexibility index (Phi) is 8.00. The maximum absolute atomic E-state index is 13.2. The van der Waals surface area contributed by atoms with Crippen LogP contribution in [0.25, 0.3) is 0 Å². The van der Waals surface area contributed by atoms with Crippen LogP contribution in [0.4, 0.5) is 10.1 Å². The van der Waals surface area contributed by atoms with E-state index in [1.165, 1.54) is 24.3 Å². The predicted molar refractivity (Wildman–Crippen MR) is 124 cm³/mol. The third-order valence-corrected chi connectivity index (χ3v) is 6.37. The van der Waals surface area contributed by atoms with E-state index < -0.39 is 11.9 Å². The highest BCUT2D eigenvalue weighted by atomic mass is 35.5. The van der Waals surface area contributed by atoms with Crippen molar-refractivity contribution < 1.29 is 14.0 Å². The molecule has 0 saturated carbocycles. The van der Waals surface area contributed by atoms with Gasteiger partial charge in [-0.2, -0.15) is 0 Å². The second-order valence-electron chi connectivity index (χ2n) is 6.69. The second-order valence-corrected chi connectivity index (χ2v) is 8.85. The first kappa shape index (κ1) is 24.3. The Balaban J connectivity index is 1.59. The number of rotatable bonds is 7. The van der Waals surface area contributed by atoms with Crippen LogP contribution in [0.3, 0.4) is 0 Å². The fourth-order valence-corrected chi connectivity index (χ4v) is 3.91. The van der Waals surface area contributed by atoms with Gasteiger partial charge < -0.3 is 15.2 Å². The van der Waals surface area contributed by atoms with E-state index in [2.05, 4.69) is 20.8 Å². The largest absolute Gasteiger partial charge is 0.342 e. The van der Waals surface area contributed by atoms with E-state index in [-0.39, 0.29) is 27.6 Å². The summed E-state index contributed by atoms with van der Waals surface area (Å²) in [6.07, 6.45) is 0. The first-order valence-corrected chi connectivity index (χ1v) is 11.3. The minimum absolute atomic E-state index is 0.0466. The molecular weight excluding hydrogens is 500 g/mol. The summed E-state index contributed by atoms with van der Waals surface area (Å²) in [5.41, 5.74) is 0.750. The summed E-state index contributed by atoms with van der Waals surface area (Å²) in [6, 6.07) is 8.07. The first-order chi connectivity index (χ1) is 15.2. The van der Waals surface area contributed by atoms with Crippen molar-refractivity contribution in [3.63, 3.8) is 0 Å². The summed E-state index contributed by atoms with van der Waals surface area (Å²) in [4.78, 5) is 24.7. The standard InChI is InChI=1S/C20H17Cl3FN5O2S/c1-10(25-19(31)11-3-5-13(21)14(22)7-11)18-27-28-20(29(18)2)32-9-17(30)26-12-4-6-16(24)15(23)8-12/h3-8,10H,9H2,1-2H3,(H,25,31)(H,26,30)/t10-/m0/s1. The second kappa shape index (κ2) is 10.5. The van der Waals surface area contributed by atoms with Crippen molar-refractivity contribution >= 4 is 64.1 Å². The molecule has 7 nitrogen and oxygen atoms in total. The fraction of sp³-hybridized carbons (Fsp3) is 0.200. The lowest BCUT2D eigenvalue weighted by Gasteiger charge is -2.14. The molecule has 168 valence electrons. The van der Waals surface area contributed by atoms with Crippen LogP contribution >= 0.6 is 46.6 Å². The molecule has 0 aliphatic rings. The molecule has 0 radical (unpaired) electrons. The third kappa shape index (κ3) is 5.92. The maximum Gasteiger partial charge on any atom is 0.251 e. The summed E-state index contributed by atoms with van der Waals surface area (Å²) >= 11 is 18.7. The molecule has 0 aliphatic carbocycles. The van der Waals surface area contributed by atoms with E-state index in [0.29, 0.717) is 27.3 Å². The number of halogens is 4. The topological polar surface area (TPSA) is 88.9 Å². The number of carbonyl (C=O) groups is 2. The van der Waals surface area contributed by atoms with Crippen molar-refractivity contribution in [2.24, 2.45) is 7.05 Å². The minimum atomic E-state index is -0.564. The van der Waals surface area contributed by atoms with Gasteiger partial charge >= 0.3 is 0 Å². The highest BCUT2D eigenvalue weighted by molar-refractivity contribution is 7.99. The van der Waals surface area contributed by atoms with E-state index in [0.717, 1.165) is 11.8 Å². The molecule has 12 heteroatoms. The lowest BCUT2D eigenvalue weighted by atomic mass is 10.2. The number of nitrogens with one attached hydrogen (secondary N) is 2. The van der Waals surface area contributed by atoms with Crippen molar-refractivity contribution in [2.75, 3.05) is 11.1 Å². The van der Waals surface area contributed by atoms with E-state index in [9.17, 15) is 14.0 Å². The van der Waals surface area contributed by atoms with Crippen molar-refractivity contribution in [3.8, 4) is 0 Å². The third-order valence-electron chi connectivity index (χ3n) is 4.32. The lowest BCUT2D eigenvalue weighted by molar-refractivity contribution is -0.113. The normalized spacial score (nSPS) is 11.8. The van der Waals surface area contributed by atoms with E-state index in [1.54, 1.807) is 30.7 Å². The molecule has 2 N–H and O–H groups in total. The zero-order valence-corrected chi connectivity index (χ0v) is 19.9. The number of anilines is 1. The van der Waals surface area contributed by atoms with Crippen LogP contribution in [-0.4, -0.2) is 32.3 Å². The molecule has 0 bridgehead atoms. The number of hydrogen-bond donors (Lipinski definition) is 2. The summed E-state index contributed by atoms with van der Waals surface area (Å²) in [6.45, 7) is 1.76. The van der Waals surface area contributed by atoms with Crippen LogP contribution in [-0.2, 0) is 11.8 Å². The zero-order chi connectivity index (χ0) is 23.4. The van der Waals surface area contributed by atoms with Crippen molar-refractivity contribution in [1.29, 1.82) is 0 Å². The molecule has 0 unspecified atom stereocenters. The average molecular weight is 517 g/mol. The van der Waals surface area contributed by atoms with Crippen LogP contribution in [0, 0.1) is 5.82 Å². The molecular formula is C20H17Cl3FN5O2S. The van der Waals surface area contributed by atoms with Crippen LogP contribution in [0.15, 0.2) is 41.6 Å². The Morgan fingerprint density at radius 3 is 2.53 bits per heavy atom. The van der Waals surface area contributed by atoms with Gasteiger partial charge in [-0.05, 0) is 43.3 Å². The lowest BCUT2D eigenvalue weighted by Crippen LogP contribution is -2.28. The average Bonchev–Trinajstić information content (AvgIpc) is 3.11. The van der Waals surface area contributed by atoms with Crippen LogP contribution in [0.1, 0.15) is 29.1 Å². The molecule has 0 saturated heterocycles.